The van der Waals surface area contributed by atoms with Gasteiger partial charge in [0.05, 0.1) is 22.3 Å². The first-order valence-electron chi connectivity index (χ1n) is 7.59. The lowest BCUT2D eigenvalue weighted by Gasteiger charge is -2.18. The van der Waals surface area contributed by atoms with Crippen molar-refractivity contribution >= 4 is 40.8 Å². The minimum Gasteiger partial charge on any atom is -0.325 e. The Morgan fingerprint density at radius 3 is 2.60 bits per heavy atom. The second-order valence-electron chi connectivity index (χ2n) is 5.90. The fourth-order valence-electron chi connectivity index (χ4n) is 2.62. The average molecular weight is 407 g/mol. The molecule has 0 unspecified atom stereocenters. The molecular formula is C17H15Cl2F3N2S. The van der Waals surface area contributed by atoms with Gasteiger partial charge in [0.15, 0.2) is 0 Å². The van der Waals surface area contributed by atoms with Gasteiger partial charge in [-0.05, 0) is 47.8 Å². The lowest BCUT2D eigenvalue weighted by atomic mass is 10.1. The zero-order chi connectivity index (χ0) is 18.0. The molecule has 134 valence electrons. The topological polar surface area (TPSA) is 15.3 Å². The molecule has 1 aliphatic rings. The van der Waals surface area contributed by atoms with Crippen LogP contribution in [0, 0.1) is 5.82 Å². The molecule has 8 heteroatoms. The van der Waals surface area contributed by atoms with Crippen molar-refractivity contribution in [3.63, 3.8) is 0 Å². The summed E-state index contributed by atoms with van der Waals surface area (Å²) in [4.78, 5) is 2.47. The molecule has 2 nitrogen and oxygen atoms in total. The molecule has 0 spiro atoms. The number of alkyl halides is 2. The number of likely N-dealkylation sites (tertiary alicyclic amines) is 1. The number of anilines is 1. The maximum atomic E-state index is 13.6. The van der Waals surface area contributed by atoms with Crippen LogP contribution in [0.4, 0.5) is 18.9 Å². The van der Waals surface area contributed by atoms with Crippen LogP contribution in [0.2, 0.25) is 10.0 Å². The zero-order valence-electron chi connectivity index (χ0n) is 13.0. The zero-order valence-corrected chi connectivity index (χ0v) is 15.4. The smallest absolute Gasteiger partial charge is 0.261 e. The van der Waals surface area contributed by atoms with E-state index in [-0.39, 0.29) is 13.0 Å². The first kappa shape index (κ1) is 18.7. The van der Waals surface area contributed by atoms with Crippen molar-refractivity contribution in [1.82, 2.24) is 4.90 Å². The number of nitrogens with one attached hydrogen (secondary N) is 1. The van der Waals surface area contributed by atoms with Crippen molar-refractivity contribution in [3.05, 3.63) is 57.8 Å². The summed E-state index contributed by atoms with van der Waals surface area (Å²) in [6, 6.07) is 9.45. The lowest BCUT2D eigenvalue weighted by Crippen LogP contribution is -2.25. The van der Waals surface area contributed by atoms with Gasteiger partial charge >= 0.3 is 0 Å². The Morgan fingerprint density at radius 2 is 1.92 bits per heavy atom. The second kappa shape index (κ2) is 7.66. The van der Waals surface area contributed by atoms with Crippen LogP contribution in [0.5, 0.6) is 0 Å². The normalized spacial score (nSPS) is 17.0. The highest BCUT2D eigenvalue weighted by Crippen LogP contribution is 2.32. The van der Waals surface area contributed by atoms with Gasteiger partial charge < -0.3 is 4.72 Å². The van der Waals surface area contributed by atoms with Gasteiger partial charge in [-0.2, -0.15) is 0 Å². The summed E-state index contributed by atoms with van der Waals surface area (Å²) in [6.45, 7) is 0.383. The molecule has 25 heavy (non-hydrogen) atoms. The minimum absolute atomic E-state index is 0.144. The van der Waals surface area contributed by atoms with E-state index in [1.54, 1.807) is 29.2 Å². The van der Waals surface area contributed by atoms with Gasteiger partial charge in [-0.15, -0.1) is 0 Å². The SMILES string of the molecule is Fc1ccc(CN2CCC(F)(F)C2)c(NSc2ccc(Cl)c(Cl)c2)c1. The van der Waals surface area contributed by atoms with Crippen LogP contribution >= 0.6 is 35.1 Å². The Balaban J connectivity index is 1.71. The highest BCUT2D eigenvalue weighted by Gasteiger charge is 2.38. The molecule has 0 saturated carbocycles. The summed E-state index contributed by atoms with van der Waals surface area (Å²) in [5, 5.41) is 0.875. The third kappa shape index (κ3) is 4.97. The van der Waals surface area contributed by atoms with Gasteiger partial charge in [0.2, 0.25) is 0 Å². The number of hydrogen-bond acceptors (Lipinski definition) is 3. The third-order valence-electron chi connectivity index (χ3n) is 3.88. The van der Waals surface area contributed by atoms with Crippen LogP contribution in [0.1, 0.15) is 12.0 Å². The van der Waals surface area contributed by atoms with Crippen LogP contribution in [-0.4, -0.2) is 23.9 Å². The Bertz CT molecular complexity index is 774. The monoisotopic (exact) mass is 406 g/mol. The molecule has 0 amide bonds. The lowest BCUT2D eigenvalue weighted by molar-refractivity contribution is 0.0115. The quantitative estimate of drug-likeness (QED) is 0.604. The molecule has 2 aromatic rings. The summed E-state index contributed by atoms with van der Waals surface area (Å²) in [5.41, 5.74) is 1.30. The molecule has 3 rings (SSSR count). The molecule has 1 heterocycles. The van der Waals surface area contributed by atoms with E-state index in [1.165, 1.54) is 24.1 Å². The maximum Gasteiger partial charge on any atom is 0.261 e. The van der Waals surface area contributed by atoms with E-state index >= 15 is 0 Å². The summed E-state index contributed by atoms with van der Waals surface area (Å²) in [6.07, 6.45) is -0.144. The number of rotatable bonds is 5. The highest BCUT2D eigenvalue weighted by atomic mass is 35.5. The molecule has 0 bridgehead atoms. The van der Waals surface area contributed by atoms with Crippen LogP contribution in [0.3, 0.4) is 0 Å². The van der Waals surface area contributed by atoms with Crippen molar-refractivity contribution in [2.45, 2.75) is 23.8 Å². The van der Waals surface area contributed by atoms with Crippen LogP contribution in [-0.2, 0) is 6.54 Å². The summed E-state index contributed by atoms with van der Waals surface area (Å²) >= 11 is 13.1. The van der Waals surface area contributed by atoms with Crippen molar-refractivity contribution in [3.8, 4) is 0 Å². The van der Waals surface area contributed by atoms with Gasteiger partial charge in [0, 0.05) is 24.4 Å². The Labute approximate surface area is 158 Å². The number of hydrogen-bond donors (Lipinski definition) is 1. The van der Waals surface area contributed by atoms with Crippen molar-refractivity contribution < 1.29 is 13.2 Å². The van der Waals surface area contributed by atoms with Crippen molar-refractivity contribution in [1.29, 1.82) is 0 Å². The molecule has 1 saturated heterocycles. The predicted molar refractivity (Wildman–Crippen MR) is 97.2 cm³/mol. The molecule has 1 fully saturated rings. The van der Waals surface area contributed by atoms with Crippen LogP contribution in [0.25, 0.3) is 0 Å². The summed E-state index contributed by atoms with van der Waals surface area (Å²) in [7, 11) is 0. The van der Waals surface area contributed by atoms with Gasteiger partial charge in [0.1, 0.15) is 5.82 Å². The van der Waals surface area contributed by atoms with E-state index in [0.29, 0.717) is 28.8 Å². The van der Waals surface area contributed by atoms with Gasteiger partial charge in [-0.25, -0.2) is 13.2 Å². The number of halogens is 5. The summed E-state index contributed by atoms with van der Waals surface area (Å²) in [5.74, 6) is -3.05. The van der Waals surface area contributed by atoms with Gasteiger partial charge in [-0.3, -0.25) is 4.90 Å². The highest BCUT2D eigenvalue weighted by molar-refractivity contribution is 8.00. The standard InChI is InChI=1S/C17H15Cl2F3N2S/c18-14-4-3-13(8-15(14)19)25-23-16-7-12(20)2-1-11(16)9-24-6-5-17(21,22)10-24/h1-4,7-8,23H,5-6,9-10H2. The first-order valence-corrected chi connectivity index (χ1v) is 9.16. The maximum absolute atomic E-state index is 13.6. The van der Waals surface area contributed by atoms with E-state index in [9.17, 15) is 13.2 Å². The summed E-state index contributed by atoms with van der Waals surface area (Å²) < 4.78 is 43.4. The van der Waals surface area contributed by atoms with E-state index in [0.717, 1.165) is 10.5 Å². The largest absolute Gasteiger partial charge is 0.325 e. The minimum atomic E-state index is -2.65. The molecule has 1 aliphatic heterocycles. The molecule has 0 aliphatic carbocycles. The molecule has 1 N–H and O–H groups in total. The third-order valence-corrected chi connectivity index (χ3v) is 5.44. The van der Waals surface area contributed by atoms with E-state index in [2.05, 4.69) is 4.72 Å². The fourth-order valence-corrected chi connectivity index (χ4v) is 3.71. The van der Waals surface area contributed by atoms with Gasteiger partial charge in [0.25, 0.3) is 5.92 Å². The number of nitrogens with zero attached hydrogens (tertiary/aromatic N) is 1. The van der Waals surface area contributed by atoms with Gasteiger partial charge in [-0.1, -0.05) is 29.3 Å². The molecule has 2 aromatic carbocycles. The molecular weight excluding hydrogens is 392 g/mol. The first-order chi connectivity index (χ1) is 11.8. The Kier molecular flexibility index (Phi) is 5.73. The molecule has 0 atom stereocenters. The van der Waals surface area contributed by atoms with Crippen LogP contribution in [0.15, 0.2) is 41.3 Å². The number of benzene rings is 2. The molecule has 0 aromatic heterocycles. The Morgan fingerprint density at radius 1 is 1.12 bits per heavy atom. The average Bonchev–Trinajstić information content (AvgIpc) is 2.89. The van der Waals surface area contributed by atoms with E-state index in [4.69, 9.17) is 23.2 Å². The predicted octanol–water partition coefficient (Wildman–Crippen LogP) is 6.09. The fraction of sp³-hybridized carbons (Fsp3) is 0.294. The van der Waals surface area contributed by atoms with E-state index < -0.39 is 11.7 Å². The molecule has 0 radical (unpaired) electrons. The van der Waals surface area contributed by atoms with E-state index in [1.807, 2.05) is 0 Å². The Hall–Kier alpha value is -1.08. The second-order valence-corrected chi connectivity index (χ2v) is 7.59. The van der Waals surface area contributed by atoms with Crippen molar-refractivity contribution in [2.24, 2.45) is 0 Å². The van der Waals surface area contributed by atoms with Crippen LogP contribution < -0.4 is 4.72 Å². The van der Waals surface area contributed by atoms with Crippen molar-refractivity contribution in [2.75, 3.05) is 17.8 Å².